The summed E-state index contributed by atoms with van der Waals surface area (Å²) < 4.78 is 10.2. The maximum absolute atomic E-state index is 12.1. The number of aliphatic hydroxyl groups is 3. The number of aliphatic carboxylic acids is 1. The average molecular weight is 448 g/mol. The fourth-order valence-corrected chi connectivity index (χ4v) is 3.23. The predicted molar refractivity (Wildman–Crippen MR) is 98.6 cm³/mol. The molecule has 1 aliphatic rings. The molecule has 0 saturated carbocycles. The summed E-state index contributed by atoms with van der Waals surface area (Å²) in [4.78, 5) is 35.1. The molecule has 0 spiro atoms. The minimum absolute atomic E-state index is 0. The van der Waals surface area contributed by atoms with Crippen molar-refractivity contribution in [1.29, 1.82) is 0 Å². The van der Waals surface area contributed by atoms with Crippen molar-refractivity contribution in [2.24, 2.45) is 0 Å². The van der Waals surface area contributed by atoms with Crippen molar-refractivity contribution in [1.82, 2.24) is 10.6 Å². The number of rotatable bonds is 8. The van der Waals surface area contributed by atoms with Gasteiger partial charge in [-0.2, -0.15) is 0 Å². The Morgan fingerprint density at radius 2 is 1.90 bits per heavy atom. The fraction of sp³-hybridized carbons (Fsp3) is 0.526. The number of nitrogens with one attached hydrogen (secondary N) is 2. The number of ether oxygens (including phenoxy) is 2. The van der Waals surface area contributed by atoms with Crippen LogP contribution in [0.25, 0.3) is 0 Å². The van der Waals surface area contributed by atoms with Crippen LogP contribution in [-0.2, 0) is 19.1 Å². The summed E-state index contributed by atoms with van der Waals surface area (Å²) in [5.74, 6) is -5.28. The van der Waals surface area contributed by atoms with Crippen LogP contribution in [0.15, 0.2) is 30.3 Å². The van der Waals surface area contributed by atoms with Gasteiger partial charge in [-0.25, -0.2) is 0 Å². The van der Waals surface area contributed by atoms with Gasteiger partial charge in [0.25, 0.3) is 5.91 Å². The first kappa shape index (κ1) is 27.5. The zero-order valence-electron chi connectivity index (χ0n) is 17.5. The summed E-state index contributed by atoms with van der Waals surface area (Å²) in [6.45, 7) is 0.743. The molecule has 11 nitrogen and oxygen atoms in total. The summed E-state index contributed by atoms with van der Waals surface area (Å²) in [6.07, 6.45) is -7.09. The van der Waals surface area contributed by atoms with Gasteiger partial charge in [0, 0.05) is 32.6 Å². The number of carbonyl (C=O) groups is 3. The van der Waals surface area contributed by atoms with Gasteiger partial charge in [-0.1, -0.05) is 18.2 Å². The molecule has 2 amide bonds. The smallest absolute Gasteiger partial charge is 0.544 e. The summed E-state index contributed by atoms with van der Waals surface area (Å²) in [5.41, 5.74) is 0.329. The molecular weight excluding hydrogens is 423 g/mol. The summed E-state index contributed by atoms with van der Waals surface area (Å²) in [6, 6.07) is 6.89. The van der Waals surface area contributed by atoms with Crippen LogP contribution >= 0.6 is 0 Å². The zero-order chi connectivity index (χ0) is 22.5. The van der Waals surface area contributed by atoms with Crippen LogP contribution in [0.3, 0.4) is 0 Å². The molecule has 5 N–H and O–H groups in total. The van der Waals surface area contributed by atoms with E-state index in [1.165, 1.54) is 0 Å². The third-order valence-corrected chi connectivity index (χ3v) is 4.82. The maximum atomic E-state index is 12.1. The van der Waals surface area contributed by atoms with E-state index >= 15 is 0 Å². The third kappa shape index (κ3) is 6.70. The molecular formula is C19H25N2NaO9. The minimum Gasteiger partial charge on any atom is -0.544 e. The Morgan fingerprint density at radius 1 is 1.29 bits per heavy atom. The van der Waals surface area contributed by atoms with E-state index in [0.29, 0.717) is 5.56 Å². The van der Waals surface area contributed by atoms with Crippen molar-refractivity contribution in [2.45, 2.75) is 49.6 Å². The van der Waals surface area contributed by atoms with Gasteiger partial charge < -0.3 is 45.3 Å². The second kappa shape index (κ2) is 11.9. The van der Waals surface area contributed by atoms with Gasteiger partial charge in [-0.15, -0.1) is 0 Å². The van der Waals surface area contributed by atoms with Crippen LogP contribution < -0.4 is 45.3 Å². The van der Waals surface area contributed by atoms with Crippen LogP contribution in [-0.4, -0.2) is 83.0 Å². The molecule has 0 aromatic heterocycles. The molecule has 1 fully saturated rings. The van der Waals surface area contributed by atoms with Gasteiger partial charge >= 0.3 is 29.6 Å². The number of carboxylic acid groups (broad SMARTS) is 1. The molecule has 0 bridgehead atoms. The number of aliphatic hydroxyl groups excluding tert-OH is 3. The minimum atomic E-state index is -2.40. The van der Waals surface area contributed by atoms with Crippen molar-refractivity contribution in [3.8, 4) is 0 Å². The summed E-state index contributed by atoms with van der Waals surface area (Å²) in [7, 11) is 1.02. The summed E-state index contributed by atoms with van der Waals surface area (Å²) >= 11 is 0. The fourth-order valence-electron chi connectivity index (χ4n) is 3.23. The Bertz CT molecular complexity index is 766. The molecule has 31 heavy (non-hydrogen) atoms. The molecule has 1 heterocycles. The molecule has 0 aliphatic carbocycles. The molecule has 6 atom stereocenters. The predicted octanol–water partition coefficient (Wildman–Crippen LogP) is -6.11. The standard InChI is InChI=1S/C19H26N2O9.Na/c1-10(22)21-14-12(23)8-19(29-2,18(27)28)30-16(14)15(25)13(24)9-20-17(26)11-6-4-3-5-7-11;/h3-7,12-16,23-25H,8-9H2,1-2H3,(H,20,26)(H,21,22)(H,27,28);/q;+1/p-1/t12-,13+,14+,15+,16+,19?;/m0./s1. The normalized spacial score (nSPS) is 27.3. The van der Waals surface area contributed by atoms with Crippen molar-refractivity contribution in [3.05, 3.63) is 35.9 Å². The van der Waals surface area contributed by atoms with Gasteiger partial charge in [0.15, 0.2) is 0 Å². The van der Waals surface area contributed by atoms with Gasteiger partial charge in [-0.05, 0) is 12.1 Å². The summed E-state index contributed by atoms with van der Waals surface area (Å²) in [5, 5.41) is 47.6. The Balaban J connectivity index is 0.00000480. The van der Waals surface area contributed by atoms with E-state index in [1.54, 1.807) is 30.3 Å². The van der Waals surface area contributed by atoms with E-state index in [0.717, 1.165) is 14.0 Å². The van der Waals surface area contributed by atoms with Gasteiger partial charge in [-0.3, -0.25) is 9.59 Å². The number of carbonyl (C=O) groups excluding carboxylic acids is 3. The first-order valence-corrected chi connectivity index (χ1v) is 9.20. The van der Waals surface area contributed by atoms with Crippen molar-refractivity contribution in [3.63, 3.8) is 0 Å². The van der Waals surface area contributed by atoms with E-state index in [-0.39, 0.29) is 29.6 Å². The van der Waals surface area contributed by atoms with E-state index in [9.17, 15) is 34.8 Å². The molecule has 1 aliphatic heterocycles. The van der Waals surface area contributed by atoms with Gasteiger partial charge in [0.2, 0.25) is 11.7 Å². The van der Waals surface area contributed by atoms with Gasteiger partial charge in [0.1, 0.15) is 18.2 Å². The SMILES string of the molecule is COC1(C(=O)[O-])C[C@H](O)[C@@H](NC(C)=O)[C@H]([C@H](O)[C@H](O)CNC(=O)c2ccccc2)O1.[Na+]. The van der Waals surface area contributed by atoms with Crippen LogP contribution in [0.4, 0.5) is 0 Å². The monoisotopic (exact) mass is 448 g/mol. The zero-order valence-corrected chi connectivity index (χ0v) is 19.5. The van der Waals surface area contributed by atoms with Crippen molar-refractivity contribution in [2.75, 3.05) is 13.7 Å². The van der Waals surface area contributed by atoms with Crippen LogP contribution in [0.1, 0.15) is 23.7 Å². The molecule has 1 saturated heterocycles. The van der Waals surface area contributed by atoms with Crippen molar-refractivity contribution < 1.29 is 73.8 Å². The number of hydrogen-bond acceptors (Lipinski definition) is 9. The molecule has 166 valence electrons. The van der Waals surface area contributed by atoms with Crippen LogP contribution in [0.5, 0.6) is 0 Å². The first-order chi connectivity index (χ1) is 14.1. The Morgan fingerprint density at radius 3 is 2.42 bits per heavy atom. The van der Waals surface area contributed by atoms with Crippen molar-refractivity contribution >= 4 is 17.8 Å². The first-order valence-electron chi connectivity index (χ1n) is 9.20. The van der Waals surface area contributed by atoms with E-state index < -0.39 is 67.0 Å². The Hall–Kier alpha value is -1.57. The molecule has 1 aromatic rings. The number of methoxy groups -OCH3 is 1. The van der Waals surface area contributed by atoms with E-state index in [4.69, 9.17) is 9.47 Å². The molecule has 12 heteroatoms. The molecule has 0 radical (unpaired) electrons. The maximum Gasteiger partial charge on any atom is 1.00 e. The number of amides is 2. The van der Waals surface area contributed by atoms with Gasteiger partial charge in [0.05, 0.1) is 18.2 Å². The Kier molecular flexibility index (Phi) is 10.5. The molecule has 1 aromatic carbocycles. The van der Waals surface area contributed by atoms with E-state index in [1.807, 2.05) is 0 Å². The number of hydrogen-bond donors (Lipinski definition) is 5. The second-order valence-corrected chi connectivity index (χ2v) is 6.96. The largest absolute Gasteiger partial charge is 1.00 e. The van der Waals surface area contributed by atoms with E-state index in [2.05, 4.69) is 10.6 Å². The second-order valence-electron chi connectivity index (χ2n) is 6.96. The average Bonchev–Trinajstić information content (AvgIpc) is 2.72. The number of carboxylic acids is 1. The third-order valence-electron chi connectivity index (χ3n) is 4.82. The molecule has 1 unspecified atom stereocenters. The molecule has 2 rings (SSSR count). The number of benzene rings is 1. The van der Waals surface area contributed by atoms with Crippen LogP contribution in [0, 0.1) is 0 Å². The van der Waals surface area contributed by atoms with Crippen LogP contribution in [0.2, 0.25) is 0 Å². The quantitative estimate of drug-likeness (QED) is 0.242. The topological polar surface area (TPSA) is 177 Å². The Labute approximate surface area is 201 Å².